The predicted octanol–water partition coefficient (Wildman–Crippen LogP) is 4.00. The van der Waals surface area contributed by atoms with Crippen molar-refractivity contribution in [3.8, 4) is 0 Å². The second-order valence-electron chi connectivity index (χ2n) is 4.26. The molecule has 0 amide bonds. The molecule has 0 unspecified atom stereocenters. The van der Waals surface area contributed by atoms with Gasteiger partial charge in [-0.05, 0) is 34.8 Å². The van der Waals surface area contributed by atoms with Crippen LogP contribution in [0.15, 0.2) is 29.0 Å². The van der Waals surface area contributed by atoms with Gasteiger partial charge in [0.25, 0.3) is 0 Å². The van der Waals surface area contributed by atoms with Crippen molar-refractivity contribution in [2.75, 3.05) is 5.32 Å². The molecule has 0 saturated heterocycles. The van der Waals surface area contributed by atoms with Crippen LogP contribution in [0.3, 0.4) is 0 Å². The van der Waals surface area contributed by atoms with Gasteiger partial charge in [0.15, 0.2) is 5.82 Å². The molecule has 2 aromatic rings. The fraction of sp³-hybridized carbons (Fsp3) is 0.250. The summed E-state index contributed by atoms with van der Waals surface area (Å²) in [6.07, 6.45) is 5.74. The lowest BCUT2D eigenvalue weighted by atomic mass is 10.3. The summed E-state index contributed by atoms with van der Waals surface area (Å²) in [4.78, 5) is 4.15. The van der Waals surface area contributed by atoms with Crippen LogP contribution >= 0.6 is 15.9 Å². The minimum absolute atomic E-state index is 0.199. The summed E-state index contributed by atoms with van der Waals surface area (Å²) in [5.41, 5.74) is 0.199. The maximum Gasteiger partial charge on any atom is 0.207 e. The molecule has 3 rings (SSSR count). The number of rotatable bonds is 3. The average Bonchev–Trinajstić information content (AvgIpc) is 3.04. The Balaban J connectivity index is 1.94. The van der Waals surface area contributed by atoms with E-state index in [1.165, 1.54) is 6.07 Å². The fourth-order valence-corrected chi connectivity index (χ4v) is 2.34. The van der Waals surface area contributed by atoms with Gasteiger partial charge in [0.05, 0.1) is 5.69 Å². The number of aromatic nitrogens is 2. The zero-order chi connectivity index (χ0) is 12.7. The van der Waals surface area contributed by atoms with Gasteiger partial charge < -0.3 is 9.88 Å². The van der Waals surface area contributed by atoms with E-state index in [0.29, 0.717) is 16.5 Å². The van der Waals surface area contributed by atoms with Gasteiger partial charge in [-0.2, -0.15) is 0 Å². The Labute approximate surface area is 111 Å². The van der Waals surface area contributed by atoms with Crippen molar-refractivity contribution in [1.29, 1.82) is 0 Å². The molecule has 94 valence electrons. The third-order valence-corrected chi connectivity index (χ3v) is 3.48. The summed E-state index contributed by atoms with van der Waals surface area (Å²) in [7, 11) is 0. The van der Waals surface area contributed by atoms with E-state index in [4.69, 9.17) is 0 Å². The van der Waals surface area contributed by atoms with Crippen LogP contribution in [0.5, 0.6) is 0 Å². The van der Waals surface area contributed by atoms with Crippen LogP contribution in [0.1, 0.15) is 18.9 Å². The van der Waals surface area contributed by atoms with Crippen molar-refractivity contribution >= 4 is 27.6 Å². The highest BCUT2D eigenvalue weighted by Gasteiger charge is 2.26. The van der Waals surface area contributed by atoms with E-state index in [2.05, 4.69) is 26.2 Å². The molecule has 0 bridgehead atoms. The molecule has 1 aromatic carbocycles. The van der Waals surface area contributed by atoms with Crippen LogP contribution in [-0.4, -0.2) is 9.55 Å². The second-order valence-corrected chi connectivity index (χ2v) is 5.11. The van der Waals surface area contributed by atoms with E-state index in [0.717, 1.165) is 18.9 Å². The Hall–Kier alpha value is -1.43. The highest BCUT2D eigenvalue weighted by atomic mass is 79.9. The van der Waals surface area contributed by atoms with Gasteiger partial charge in [0.2, 0.25) is 5.95 Å². The van der Waals surface area contributed by atoms with Crippen molar-refractivity contribution in [3.63, 3.8) is 0 Å². The van der Waals surface area contributed by atoms with Crippen molar-refractivity contribution in [1.82, 2.24) is 9.55 Å². The molecular weight excluding hydrogens is 304 g/mol. The highest BCUT2D eigenvalue weighted by Crippen LogP contribution is 2.38. The monoisotopic (exact) mass is 313 g/mol. The lowest BCUT2D eigenvalue weighted by molar-refractivity contribution is 0.584. The number of anilines is 2. The predicted molar refractivity (Wildman–Crippen MR) is 67.8 cm³/mol. The Morgan fingerprint density at radius 3 is 2.78 bits per heavy atom. The first kappa shape index (κ1) is 11.6. The van der Waals surface area contributed by atoms with E-state index < -0.39 is 11.6 Å². The minimum atomic E-state index is -0.646. The molecule has 1 aromatic heterocycles. The maximum atomic E-state index is 13.7. The Morgan fingerprint density at radius 2 is 2.11 bits per heavy atom. The summed E-state index contributed by atoms with van der Waals surface area (Å²) in [6.45, 7) is 0. The number of imidazole rings is 1. The third kappa shape index (κ3) is 2.12. The molecule has 1 fully saturated rings. The molecule has 1 aliphatic carbocycles. The van der Waals surface area contributed by atoms with E-state index in [1.807, 2.05) is 10.8 Å². The number of hydrogen-bond donors (Lipinski definition) is 1. The van der Waals surface area contributed by atoms with Crippen molar-refractivity contribution in [3.05, 3.63) is 40.6 Å². The molecule has 6 heteroatoms. The Morgan fingerprint density at radius 1 is 1.33 bits per heavy atom. The molecule has 0 aliphatic heterocycles. The zero-order valence-corrected chi connectivity index (χ0v) is 10.9. The first-order chi connectivity index (χ1) is 8.65. The van der Waals surface area contributed by atoms with E-state index in [9.17, 15) is 8.78 Å². The first-order valence-electron chi connectivity index (χ1n) is 5.59. The topological polar surface area (TPSA) is 29.9 Å². The molecule has 18 heavy (non-hydrogen) atoms. The van der Waals surface area contributed by atoms with Crippen molar-refractivity contribution < 1.29 is 8.78 Å². The van der Waals surface area contributed by atoms with E-state index in [-0.39, 0.29) is 5.69 Å². The van der Waals surface area contributed by atoms with Crippen LogP contribution in [-0.2, 0) is 0 Å². The molecule has 0 radical (unpaired) electrons. The SMILES string of the molecule is Fc1cc(F)c(Nc2nccn2C2CC2)c(Br)c1. The summed E-state index contributed by atoms with van der Waals surface area (Å²) in [6, 6.07) is 2.50. The van der Waals surface area contributed by atoms with Crippen LogP contribution in [0.25, 0.3) is 0 Å². The molecule has 1 heterocycles. The first-order valence-corrected chi connectivity index (χ1v) is 6.39. The van der Waals surface area contributed by atoms with Gasteiger partial charge in [-0.25, -0.2) is 13.8 Å². The smallest absolute Gasteiger partial charge is 0.207 e. The largest absolute Gasteiger partial charge is 0.322 e. The zero-order valence-electron chi connectivity index (χ0n) is 9.33. The Bertz CT molecular complexity index is 570. The highest BCUT2D eigenvalue weighted by molar-refractivity contribution is 9.10. The molecule has 1 N–H and O–H groups in total. The van der Waals surface area contributed by atoms with Gasteiger partial charge in [0.1, 0.15) is 5.82 Å². The lowest BCUT2D eigenvalue weighted by Crippen LogP contribution is -2.03. The van der Waals surface area contributed by atoms with Crippen LogP contribution in [0, 0.1) is 11.6 Å². The Kier molecular flexibility index (Phi) is 2.81. The van der Waals surface area contributed by atoms with Gasteiger partial charge in [-0.3, -0.25) is 0 Å². The van der Waals surface area contributed by atoms with Crippen LogP contribution < -0.4 is 5.32 Å². The number of nitrogens with zero attached hydrogens (tertiary/aromatic N) is 2. The third-order valence-electron chi connectivity index (χ3n) is 2.85. The van der Waals surface area contributed by atoms with Gasteiger partial charge >= 0.3 is 0 Å². The van der Waals surface area contributed by atoms with Gasteiger partial charge in [-0.1, -0.05) is 0 Å². The molecule has 0 spiro atoms. The summed E-state index contributed by atoms with van der Waals surface area (Å²) < 4.78 is 29.0. The van der Waals surface area contributed by atoms with Gasteiger partial charge in [-0.15, -0.1) is 0 Å². The molecular formula is C12H10BrF2N3. The quantitative estimate of drug-likeness (QED) is 0.928. The number of nitrogens with one attached hydrogen (secondary N) is 1. The fourth-order valence-electron chi connectivity index (χ4n) is 1.83. The van der Waals surface area contributed by atoms with E-state index in [1.54, 1.807) is 6.20 Å². The van der Waals surface area contributed by atoms with E-state index >= 15 is 0 Å². The van der Waals surface area contributed by atoms with Crippen LogP contribution in [0.2, 0.25) is 0 Å². The summed E-state index contributed by atoms with van der Waals surface area (Å²) in [5.74, 6) is -0.689. The standard InChI is InChI=1S/C12H10BrF2N3/c13-9-5-7(14)6-10(15)11(9)17-12-16-3-4-18(12)8-1-2-8/h3-6,8H,1-2H2,(H,16,17). The average molecular weight is 314 g/mol. The van der Waals surface area contributed by atoms with Gasteiger partial charge in [0, 0.05) is 29.0 Å². The summed E-state index contributed by atoms with van der Waals surface area (Å²) in [5, 5.41) is 2.90. The molecule has 1 aliphatic rings. The second kappa shape index (κ2) is 4.35. The normalized spacial score (nSPS) is 14.8. The minimum Gasteiger partial charge on any atom is -0.322 e. The summed E-state index contributed by atoms with van der Waals surface area (Å²) >= 11 is 3.14. The molecule has 0 atom stereocenters. The lowest BCUT2D eigenvalue weighted by Gasteiger charge is -2.11. The van der Waals surface area contributed by atoms with Crippen LogP contribution in [0.4, 0.5) is 20.4 Å². The molecule has 1 saturated carbocycles. The number of benzene rings is 1. The number of hydrogen-bond acceptors (Lipinski definition) is 2. The van der Waals surface area contributed by atoms with Crippen molar-refractivity contribution in [2.45, 2.75) is 18.9 Å². The molecule has 3 nitrogen and oxygen atoms in total. The van der Waals surface area contributed by atoms with Crippen molar-refractivity contribution in [2.24, 2.45) is 0 Å². The number of halogens is 3. The maximum absolute atomic E-state index is 13.7.